The summed E-state index contributed by atoms with van der Waals surface area (Å²) < 4.78 is 26.5. The Bertz CT molecular complexity index is 1050. The predicted octanol–water partition coefficient (Wildman–Crippen LogP) is 4.02. The molecule has 2 heterocycles. The topological polar surface area (TPSA) is 53.4 Å². The summed E-state index contributed by atoms with van der Waals surface area (Å²) in [6, 6.07) is 13.4. The number of fused-ring (bicyclic) bond motifs is 1. The van der Waals surface area contributed by atoms with Gasteiger partial charge in [-0.2, -0.15) is 5.10 Å². The van der Waals surface area contributed by atoms with Gasteiger partial charge in [0.1, 0.15) is 5.82 Å². The number of rotatable bonds is 3. The van der Waals surface area contributed by atoms with Crippen molar-refractivity contribution in [1.82, 2.24) is 9.78 Å². The monoisotopic (exact) mass is 430 g/mol. The molecule has 27 heavy (non-hydrogen) atoms. The number of halogens is 2. The zero-order valence-electron chi connectivity index (χ0n) is 14.3. The number of benzene rings is 2. The Balaban J connectivity index is 1.67. The molecule has 2 aromatic carbocycles. The smallest absolute Gasteiger partial charge is 0.267 e. The van der Waals surface area contributed by atoms with Crippen LogP contribution < -0.4 is 15.0 Å². The molecule has 0 bridgehead atoms. The molecule has 0 saturated carbocycles. The van der Waals surface area contributed by atoms with Crippen molar-refractivity contribution in [3.05, 3.63) is 74.7 Å². The van der Waals surface area contributed by atoms with Crippen LogP contribution in [0.2, 0.25) is 0 Å². The molecule has 1 aromatic heterocycles. The molecule has 0 atom stereocenters. The Morgan fingerprint density at radius 3 is 2.67 bits per heavy atom. The van der Waals surface area contributed by atoms with Gasteiger partial charge in [-0.15, -0.1) is 0 Å². The van der Waals surface area contributed by atoms with E-state index in [2.05, 4.69) is 21.0 Å². The molecule has 0 radical (unpaired) electrons. The lowest BCUT2D eigenvalue weighted by atomic mass is 10.1. The van der Waals surface area contributed by atoms with E-state index in [4.69, 9.17) is 9.47 Å². The standard InChI is InChI=1S/C20H16BrFN2O3/c21-15-10-13(2-4-16(15)22)12-24-20(25)7-5-17(23-24)14-3-6-18-19(11-14)27-9-1-8-26-18/h2-7,10-11H,1,8-9,12H2. The molecule has 5 nitrogen and oxygen atoms in total. The van der Waals surface area contributed by atoms with Gasteiger partial charge in [0.25, 0.3) is 5.56 Å². The molecule has 0 N–H and O–H groups in total. The zero-order chi connectivity index (χ0) is 18.8. The van der Waals surface area contributed by atoms with Gasteiger partial charge in [-0.25, -0.2) is 9.07 Å². The first-order valence-corrected chi connectivity index (χ1v) is 9.31. The second kappa shape index (κ2) is 7.52. The fraction of sp³-hybridized carbons (Fsp3) is 0.200. The average molecular weight is 431 g/mol. The molecule has 0 aliphatic carbocycles. The Morgan fingerprint density at radius 1 is 1.04 bits per heavy atom. The van der Waals surface area contributed by atoms with E-state index in [1.165, 1.54) is 16.8 Å². The molecule has 0 amide bonds. The van der Waals surface area contributed by atoms with Gasteiger partial charge in [0.2, 0.25) is 0 Å². The summed E-state index contributed by atoms with van der Waals surface area (Å²) in [6.45, 7) is 1.47. The average Bonchev–Trinajstić information content (AvgIpc) is 2.91. The largest absolute Gasteiger partial charge is 0.490 e. The Kier molecular flexibility index (Phi) is 4.94. The van der Waals surface area contributed by atoms with E-state index >= 15 is 0 Å². The Hall–Kier alpha value is -2.67. The fourth-order valence-electron chi connectivity index (χ4n) is 2.85. The summed E-state index contributed by atoms with van der Waals surface area (Å²) in [6.07, 6.45) is 0.834. The molecule has 7 heteroatoms. The van der Waals surface area contributed by atoms with Gasteiger partial charge >= 0.3 is 0 Å². The molecule has 4 rings (SSSR count). The minimum Gasteiger partial charge on any atom is -0.490 e. The first-order valence-electron chi connectivity index (χ1n) is 8.52. The van der Waals surface area contributed by atoms with E-state index in [-0.39, 0.29) is 17.9 Å². The second-order valence-electron chi connectivity index (χ2n) is 6.17. The first kappa shape index (κ1) is 17.7. The van der Waals surface area contributed by atoms with E-state index in [9.17, 15) is 9.18 Å². The van der Waals surface area contributed by atoms with E-state index < -0.39 is 0 Å². The van der Waals surface area contributed by atoms with E-state index in [1.54, 1.807) is 18.2 Å². The molecule has 0 fully saturated rings. The SMILES string of the molecule is O=c1ccc(-c2ccc3c(c2)OCCCO3)nn1Cc1ccc(F)c(Br)c1. The number of hydrogen-bond donors (Lipinski definition) is 0. The maximum Gasteiger partial charge on any atom is 0.267 e. The van der Waals surface area contributed by atoms with Crippen LogP contribution in [0, 0.1) is 5.82 Å². The van der Waals surface area contributed by atoms with Crippen LogP contribution in [0.4, 0.5) is 4.39 Å². The van der Waals surface area contributed by atoms with Crippen molar-refractivity contribution in [1.29, 1.82) is 0 Å². The third kappa shape index (κ3) is 3.88. The maximum absolute atomic E-state index is 13.4. The molecule has 0 saturated heterocycles. The lowest BCUT2D eigenvalue weighted by Gasteiger charge is -2.11. The molecule has 0 spiro atoms. The highest BCUT2D eigenvalue weighted by atomic mass is 79.9. The summed E-state index contributed by atoms with van der Waals surface area (Å²) in [5.41, 5.74) is 2.02. The molecule has 3 aromatic rings. The van der Waals surface area contributed by atoms with Crippen LogP contribution in [-0.2, 0) is 6.54 Å². The molecule has 1 aliphatic rings. The fourth-order valence-corrected chi connectivity index (χ4v) is 3.28. The highest BCUT2D eigenvalue weighted by Crippen LogP contribution is 2.33. The van der Waals surface area contributed by atoms with Crippen LogP contribution >= 0.6 is 15.9 Å². The van der Waals surface area contributed by atoms with Crippen LogP contribution in [0.15, 0.2) is 57.8 Å². The van der Waals surface area contributed by atoms with Crippen LogP contribution in [0.25, 0.3) is 11.3 Å². The van der Waals surface area contributed by atoms with Gasteiger partial charge in [-0.3, -0.25) is 4.79 Å². The lowest BCUT2D eigenvalue weighted by Crippen LogP contribution is -2.22. The first-order chi connectivity index (χ1) is 13.1. The minimum atomic E-state index is -0.347. The van der Waals surface area contributed by atoms with E-state index in [0.717, 1.165) is 17.5 Å². The maximum atomic E-state index is 13.4. The van der Waals surface area contributed by atoms with Crippen LogP contribution in [0.1, 0.15) is 12.0 Å². The van der Waals surface area contributed by atoms with Gasteiger partial charge in [0.05, 0.1) is 29.9 Å². The molecule has 1 aliphatic heterocycles. The van der Waals surface area contributed by atoms with Crippen molar-refractivity contribution in [2.75, 3.05) is 13.2 Å². The summed E-state index contributed by atoms with van der Waals surface area (Å²) >= 11 is 3.16. The van der Waals surface area contributed by atoms with E-state index in [0.29, 0.717) is 34.9 Å². The predicted molar refractivity (Wildman–Crippen MR) is 103 cm³/mol. The summed E-state index contributed by atoms with van der Waals surface area (Å²) in [4.78, 5) is 12.2. The zero-order valence-corrected chi connectivity index (χ0v) is 15.9. The Labute approximate surface area is 163 Å². The van der Waals surface area contributed by atoms with Crippen molar-refractivity contribution < 1.29 is 13.9 Å². The van der Waals surface area contributed by atoms with Crippen LogP contribution in [0.5, 0.6) is 11.5 Å². The molecule has 138 valence electrons. The minimum absolute atomic E-state index is 0.228. The van der Waals surface area contributed by atoms with Crippen molar-refractivity contribution >= 4 is 15.9 Å². The molecular formula is C20H16BrFN2O3. The van der Waals surface area contributed by atoms with Gasteiger partial charge in [-0.05, 0) is 57.9 Å². The van der Waals surface area contributed by atoms with Gasteiger partial charge in [0.15, 0.2) is 11.5 Å². The molecule has 0 unspecified atom stereocenters. The normalized spacial score (nSPS) is 13.3. The van der Waals surface area contributed by atoms with Crippen molar-refractivity contribution in [3.63, 3.8) is 0 Å². The Morgan fingerprint density at radius 2 is 1.85 bits per heavy atom. The van der Waals surface area contributed by atoms with Crippen molar-refractivity contribution in [2.45, 2.75) is 13.0 Å². The summed E-state index contributed by atoms with van der Waals surface area (Å²) in [5.74, 6) is 1.03. The number of ether oxygens (including phenoxy) is 2. The second-order valence-corrected chi connectivity index (χ2v) is 7.03. The third-order valence-electron chi connectivity index (χ3n) is 4.23. The van der Waals surface area contributed by atoms with Crippen LogP contribution in [0.3, 0.4) is 0 Å². The van der Waals surface area contributed by atoms with Crippen molar-refractivity contribution in [3.8, 4) is 22.8 Å². The quantitative estimate of drug-likeness (QED) is 0.629. The highest BCUT2D eigenvalue weighted by molar-refractivity contribution is 9.10. The van der Waals surface area contributed by atoms with Gasteiger partial charge in [-0.1, -0.05) is 6.07 Å². The lowest BCUT2D eigenvalue weighted by molar-refractivity contribution is 0.297. The van der Waals surface area contributed by atoms with E-state index in [1.807, 2.05) is 18.2 Å². The molecular weight excluding hydrogens is 415 g/mol. The van der Waals surface area contributed by atoms with Gasteiger partial charge < -0.3 is 9.47 Å². The number of aromatic nitrogens is 2. The van der Waals surface area contributed by atoms with Crippen molar-refractivity contribution in [2.24, 2.45) is 0 Å². The number of hydrogen-bond acceptors (Lipinski definition) is 4. The third-order valence-corrected chi connectivity index (χ3v) is 4.83. The summed E-state index contributed by atoms with van der Waals surface area (Å²) in [7, 11) is 0. The highest BCUT2D eigenvalue weighted by Gasteiger charge is 2.13. The van der Waals surface area contributed by atoms with Crippen LogP contribution in [-0.4, -0.2) is 23.0 Å². The van der Waals surface area contributed by atoms with Gasteiger partial charge in [0, 0.05) is 18.1 Å². The number of nitrogens with zero attached hydrogens (tertiary/aromatic N) is 2. The summed E-state index contributed by atoms with van der Waals surface area (Å²) in [5, 5.41) is 4.46.